The number of benzene rings is 1. The molecular weight excluding hydrogens is 186 g/mol. The topological polar surface area (TPSA) is 21.3 Å². The van der Waals surface area contributed by atoms with Gasteiger partial charge in [0.2, 0.25) is 0 Å². The number of hydrogen-bond donors (Lipinski definition) is 1. The highest BCUT2D eigenvalue weighted by Gasteiger charge is 1.99. The van der Waals surface area contributed by atoms with Gasteiger partial charge >= 0.3 is 0 Å². The first-order chi connectivity index (χ1) is 5.77. The van der Waals surface area contributed by atoms with Crippen LogP contribution in [0.4, 0.5) is 5.69 Å². The van der Waals surface area contributed by atoms with Crippen molar-refractivity contribution < 1.29 is 4.74 Å². The summed E-state index contributed by atoms with van der Waals surface area (Å²) < 4.78 is 5.19. The molecule has 1 N–H and O–H groups in total. The normalized spacial score (nSPS) is 8.85. The van der Waals surface area contributed by atoms with Crippen LogP contribution in [0.15, 0.2) is 18.2 Å². The molecule has 0 saturated heterocycles. The molecule has 2 nitrogen and oxygen atoms in total. The van der Waals surface area contributed by atoms with Crippen LogP contribution in [0, 0.1) is 6.92 Å². The van der Waals surface area contributed by atoms with Gasteiger partial charge in [-0.15, -0.1) is 12.4 Å². The summed E-state index contributed by atoms with van der Waals surface area (Å²) >= 11 is 0. The summed E-state index contributed by atoms with van der Waals surface area (Å²) in [6.45, 7) is 5.06. The number of halogens is 1. The van der Waals surface area contributed by atoms with Crippen molar-refractivity contribution in [2.24, 2.45) is 0 Å². The van der Waals surface area contributed by atoms with Gasteiger partial charge in [0.05, 0.1) is 12.8 Å². The number of nitrogens with one attached hydrogen (secondary N) is 1. The van der Waals surface area contributed by atoms with Gasteiger partial charge in [-0.25, -0.2) is 0 Å². The Kier molecular flexibility index (Phi) is 5.31. The smallest absolute Gasteiger partial charge is 0.141 e. The molecule has 1 aromatic rings. The van der Waals surface area contributed by atoms with Crippen LogP contribution >= 0.6 is 12.4 Å². The first kappa shape index (κ1) is 12.1. The highest BCUT2D eigenvalue weighted by atomic mass is 35.5. The molecule has 1 rings (SSSR count). The zero-order valence-corrected chi connectivity index (χ0v) is 9.07. The third-order valence-corrected chi connectivity index (χ3v) is 1.72. The van der Waals surface area contributed by atoms with Gasteiger partial charge < -0.3 is 10.1 Å². The molecule has 0 aliphatic rings. The fraction of sp³-hybridized carbons (Fsp3) is 0.400. The minimum absolute atomic E-state index is 0. The van der Waals surface area contributed by atoms with Gasteiger partial charge in [0, 0.05) is 6.54 Å². The van der Waals surface area contributed by atoms with Gasteiger partial charge in [0.15, 0.2) is 0 Å². The van der Waals surface area contributed by atoms with E-state index in [9.17, 15) is 0 Å². The number of anilines is 1. The third-order valence-electron chi connectivity index (χ3n) is 1.72. The summed E-state index contributed by atoms with van der Waals surface area (Å²) in [5.41, 5.74) is 2.31. The van der Waals surface area contributed by atoms with Crippen molar-refractivity contribution in [3.63, 3.8) is 0 Å². The van der Waals surface area contributed by atoms with Gasteiger partial charge in [-0.2, -0.15) is 0 Å². The summed E-state index contributed by atoms with van der Waals surface area (Å²) in [5, 5.41) is 3.24. The van der Waals surface area contributed by atoms with E-state index in [2.05, 4.69) is 25.2 Å². The van der Waals surface area contributed by atoms with E-state index in [0.717, 1.165) is 18.0 Å². The maximum absolute atomic E-state index is 5.19. The van der Waals surface area contributed by atoms with E-state index < -0.39 is 0 Å². The lowest BCUT2D eigenvalue weighted by Gasteiger charge is -2.09. The Hall–Kier alpha value is -0.890. The quantitative estimate of drug-likeness (QED) is 0.812. The molecule has 0 bridgehead atoms. The van der Waals surface area contributed by atoms with Crippen LogP contribution in [0.1, 0.15) is 12.5 Å². The van der Waals surface area contributed by atoms with E-state index in [-0.39, 0.29) is 12.4 Å². The van der Waals surface area contributed by atoms with Gasteiger partial charge in [-0.3, -0.25) is 0 Å². The van der Waals surface area contributed by atoms with Crippen molar-refractivity contribution in [1.82, 2.24) is 0 Å². The minimum Gasteiger partial charge on any atom is -0.495 e. The van der Waals surface area contributed by atoms with E-state index in [1.54, 1.807) is 7.11 Å². The maximum Gasteiger partial charge on any atom is 0.141 e. The van der Waals surface area contributed by atoms with Crippen molar-refractivity contribution in [3.05, 3.63) is 23.8 Å². The number of hydrogen-bond acceptors (Lipinski definition) is 2. The highest BCUT2D eigenvalue weighted by molar-refractivity contribution is 5.85. The van der Waals surface area contributed by atoms with Crippen LogP contribution in [0.3, 0.4) is 0 Å². The summed E-state index contributed by atoms with van der Waals surface area (Å²) in [5.74, 6) is 0.905. The molecule has 3 heteroatoms. The van der Waals surface area contributed by atoms with E-state index >= 15 is 0 Å². The summed E-state index contributed by atoms with van der Waals surface area (Å²) in [4.78, 5) is 0. The van der Waals surface area contributed by atoms with Crippen LogP contribution in [-0.2, 0) is 0 Å². The van der Waals surface area contributed by atoms with Gasteiger partial charge in [-0.1, -0.05) is 6.07 Å². The molecule has 0 unspecified atom stereocenters. The first-order valence-electron chi connectivity index (χ1n) is 4.16. The summed E-state index contributed by atoms with van der Waals surface area (Å²) in [7, 11) is 1.69. The monoisotopic (exact) mass is 201 g/mol. The second kappa shape index (κ2) is 5.70. The van der Waals surface area contributed by atoms with Crippen LogP contribution in [0.5, 0.6) is 5.75 Å². The number of aryl methyl sites for hydroxylation is 1. The van der Waals surface area contributed by atoms with Crippen molar-refractivity contribution in [2.75, 3.05) is 19.0 Å². The standard InChI is InChI=1S/C10H15NO.ClH/c1-4-11-9-7-8(2)5-6-10(9)12-3;/h5-7,11H,4H2,1-3H3;1H. The first-order valence-corrected chi connectivity index (χ1v) is 4.16. The number of rotatable bonds is 3. The largest absolute Gasteiger partial charge is 0.495 e. The van der Waals surface area contributed by atoms with E-state index in [0.29, 0.717) is 0 Å². The molecule has 0 amide bonds. The molecule has 0 aliphatic heterocycles. The zero-order chi connectivity index (χ0) is 8.97. The fourth-order valence-electron chi connectivity index (χ4n) is 1.15. The molecule has 0 fully saturated rings. The fourth-order valence-corrected chi connectivity index (χ4v) is 1.15. The lowest BCUT2D eigenvalue weighted by molar-refractivity contribution is 0.416. The summed E-state index contributed by atoms with van der Waals surface area (Å²) in [6.07, 6.45) is 0. The Morgan fingerprint density at radius 1 is 1.38 bits per heavy atom. The average Bonchev–Trinajstić information content (AvgIpc) is 2.05. The van der Waals surface area contributed by atoms with Crippen molar-refractivity contribution >= 4 is 18.1 Å². The van der Waals surface area contributed by atoms with Crippen molar-refractivity contribution in [2.45, 2.75) is 13.8 Å². The molecule has 0 aromatic heterocycles. The van der Waals surface area contributed by atoms with Crippen molar-refractivity contribution in [1.29, 1.82) is 0 Å². The number of methoxy groups -OCH3 is 1. The van der Waals surface area contributed by atoms with Crippen LogP contribution in [0.2, 0.25) is 0 Å². The molecule has 0 saturated carbocycles. The molecule has 0 radical (unpaired) electrons. The van der Waals surface area contributed by atoms with E-state index in [1.165, 1.54) is 5.56 Å². The average molecular weight is 202 g/mol. The van der Waals surface area contributed by atoms with Crippen molar-refractivity contribution in [3.8, 4) is 5.75 Å². The highest BCUT2D eigenvalue weighted by Crippen LogP contribution is 2.24. The Morgan fingerprint density at radius 3 is 2.62 bits per heavy atom. The predicted molar refractivity (Wildman–Crippen MR) is 59.1 cm³/mol. The Balaban J connectivity index is 0.00000144. The molecule has 0 atom stereocenters. The van der Waals surface area contributed by atoms with Gasteiger partial charge in [0.1, 0.15) is 5.75 Å². The second-order valence-corrected chi connectivity index (χ2v) is 2.73. The van der Waals surface area contributed by atoms with Gasteiger partial charge in [0.25, 0.3) is 0 Å². The zero-order valence-electron chi connectivity index (χ0n) is 8.26. The Bertz CT molecular complexity index is 263. The summed E-state index contributed by atoms with van der Waals surface area (Å²) in [6, 6.07) is 6.11. The van der Waals surface area contributed by atoms with Crippen LogP contribution in [-0.4, -0.2) is 13.7 Å². The van der Waals surface area contributed by atoms with Gasteiger partial charge in [-0.05, 0) is 31.5 Å². The Labute approximate surface area is 85.7 Å². The lowest BCUT2D eigenvalue weighted by Crippen LogP contribution is -1.99. The molecule has 0 spiro atoms. The Morgan fingerprint density at radius 2 is 2.08 bits per heavy atom. The molecule has 0 aliphatic carbocycles. The third kappa shape index (κ3) is 3.15. The number of ether oxygens (including phenoxy) is 1. The molecule has 74 valence electrons. The molecule has 1 aromatic carbocycles. The predicted octanol–water partition coefficient (Wildman–Crippen LogP) is 2.86. The second-order valence-electron chi connectivity index (χ2n) is 2.73. The lowest BCUT2D eigenvalue weighted by atomic mass is 10.2. The van der Waals surface area contributed by atoms with Crippen LogP contribution in [0.25, 0.3) is 0 Å². The SMILES string of the molecule is CCNc1cc(C)ccc1OC.Cl. The van der Waals surface area contributed by atoms with Crippen LogP contribution < -0.4 is 10.1 Å². The molecule has 0 heterocycles. The molecule has 13 heavy (non-hydrogen) atoms. The minimum atomic E-state index is 0. The molecular formula is C10H16ClNO. The maximum atomic E-state index is 5.19. The van der Waals surface area contributed by atoms with E-state index in [4.69, 9.17) is 4.74 Å². The van der Waals surface area contributed by atoms with E-state index in [1.807, 2.05) is 12.1 Å².